The van der Waals surface area contributed by atoms with Crippen LogP contribution < -0.4 is 10.6 Å². The molecule has 3 nitrogen and oxygen atoms in total. The first-order valence-electron chi connectivity index (χ1n) is 6.11. The lowest BCUT2D eigenvalue weighted by molar-refractivity contribution is -0.116. The quantitative estimate of drug-likeness (QED) is 0.887. The third-order valence-corrected chi connectivity index (χ3v) is 4.38. The van der Waals surface area contributed by atoms with E-state index in [0.29, 0.717) is 17.4 Å². The summed E-state index contributed by atoms with van der Waals surface area (Å²) in [5, 5.41) is 6.78. The third-order valence-electron chi connectivity index (χ3n) is 3.15. The molecule has 1 aromatic rings. The molecule has 0 aliphatic carbocycles. The number of hydrogen-bond acceptors (Lipinski definition) is 2. The molecule has 1 unspecified atom stereocenters. The predicted octanol–water partition coefficient (Wildman–Crippen LogP) is 3.43. The maximum atomic E-state index is 11.8. The number of carbonyl (C=O) groups is 1. The van der Waals surface area contributed by atoms with E-state index in [0.717, 1.165) is 29.7 Å². The van der Waals surface area contributed by atoms with E-state index in [9.17, 15) is 4.79 Å². The fourth-order valence-electron chi connectivity index (χ4n) is 2.09. The minimum atomic E-state index is 0.0558. The molecule has 1 saturated heterocycles. The van der Waals surface area contributed by atoms with Crippen molar-refractivity contribution in [2.75, 3.05) is 18.4 Å². The van der Waals surface area contributed by atoms with Gasteiger partial charge in [0, 0.05) is 16.6 Å². The number of halogens is 2. The van der Waals surface area contributed by atoms with Gasteiger partial charge in [-0.15, -0.1) is 0 Å². The Morgan fingerprint density at radius 2 is 2.39 bits per heavy atom. The summed E-state index contributed by atoms with van der Waals surface area (Å²) >= 11 is 9.29. The molecule has 5 heteroatoms. The Hall–Kier alpha value is -0.580. The SMILES string of the molecule is O=C(CCC1CCNC1)Nc1ccc(Br)c(Cl)c1. The van der Waals surface area contributed by atoms with Crippen molar-refractivity contribution in [3.63, 3.8) is 0 Å². The number of amides is 1. The maximum Gasteiger partial charge on any atom is 0.224 e. The molecule has 1 aromatic carbocycles. The average molecular weight is 332 g/mol. The Bertz CT molecular complexity index is 433. The van der Waals surface area contributed by atoms with Crippen molar-refractivity contribution in [1.82, 2.24) is 5.32 Å². The molecule has 2 N–H and O–H groups in total. The second-order valence-electron chi connectivity index (χ2n) is 4.57. The lowest BCUT2D eigenvalue weighted by atomic mass is 10.0. The van der Waals surface area contributed by atoms with Crippen molar-refractivity contribution < 1.29 is 4.79 Å². The van der Waals surface area contributed by atoms with Crippen LogP contribution in [0.15, 0.2) is 22.7 Å². The van der Waals surface area contributed by atoms with Gasteiger partial charge in [-0.2, -0.15) is 0 Å². The normalized spacial score (nSPS) is 18.9. The summed E-state index contributed by atoms with van der Waals surface area (Å²) in [6, 6.07) is 5.42. The molecular formula is C13H16BrClN2O. The van der Waals surface area contributed by atoms with Gasteiger partial charge in [-0.3, -0.25) is 4.79 Å². The van der Waals surface area contributed by atoms with Gasteiger partial charge in [0.2, 0.25) is 5.91 Å². The van der Waals surface area contributed by atoms with Gasteiger partial charge in [-0.25, -0.2) is 0 Å². The van der Waals surface area contributed by atoms with E-state index in [4.69, 9.17) is 11.6 Å². The summed E-state index contributed by atoms with van der Waals surface area (Å²) in [5.41, 5.74) is 0.748. The van der Waals surface area contributed by atoms with Crippen LogP contribution in [-0.2, 0) is 4.79 Å². The molecule has 0 spiro atoms. The maximum absolute atomic E-state index is 11.8. The monoisotopic (exact) mass is 330 g/mol. The van der Waals surface area contributed by atoms with Gasteiger partial charge in [0.05, 0.1) is 5.02 Å². The molecule has 1 heterocycles. The van der Waals surface area contributed by atoms with Gasteiger partial charge in [0.15, 0.2) is 0 Å². The lowest BCUT2D eigenvalue weighted by Gasteiger charge is -2.09. The molecule has 18 heavy (non-hydrogen) atoms. The molecule has 0 bridgehead atoms. The molecule has 0 saturated carbocycles. The van der Waals surface area contributed by atoms with E-state index in [1.807, 2.05) is 12.1 Å². The highest BCUT2D eigenvalue weighted by atomic mass is 79.9. The number of carbonyl (C=O) groups excluding carboxylic acids is 1. The van der Waals surface area contributed by atoms with Gasteiger partial charge in [-0.05, 0) is 66.0 Å². The first-order chi connectivity index (χ1) is 8.65. The highest BCUT2D eigenvalue weighted by Crippen LogP contribution is 2.25. The molecular weight excluding hydrogens is 316 g/mol. The number of nitrogens with one attached hydrogen (secondary N) is 2. The number of hydrogen-bond donors (Lipinski definition) is 2. The summed E-state index contributed by atoms with van der Waals surface area (Å²) in [5.74, 6) is 0.699. The first-order valence-corrected chi connectivity index (χ1v) is 7.28. The fourth-order valence-corrected chi connectivity index (χ4v) is 2.52. The van der Waals surface area contributed by atoms with E-state index in [1.54, 1.807) is 6.07 Å². The van der Waals surface area contributed by atoms with E-state index >= 15 is 0 Å². The number of anilines is 1. The minimum Gasteiger partial charge on any atom is -0.326 e. The highest BCUT2D eigenvalue weighted by molar-refractivity contribution is 9.10. The third kappa shape index (κ3) is 3.97. The van der Waals surface area contributed by atoms with Crippen molar-refractivity contribution in [2.24, 2.45) is 5.92 Å². The Morgan fingerprint density at radius 1 is 1.56 bits per heavy atom. The van der Waals surface area contributed by atoms with E-state index in [2.05, 4.69) is 26.6 Å². The summed E-state index contributed by atoms with van der Waals surface area (Å²) in [7, 11) is 0. The van der Waals surface area contributed by atoms with Gasteiger partial charge in [0.25, 0.3) is 0 Å². The summed E-state index contributed by atoms with van der Waals surface area (Å²) in [6.45, 7) is 2.12. The van der Waals surface area contributed by atoms with Gasteiger partial charge >= 0.3 is 0 Å². The first kappa shape index (κ1) is 13.8. The van der Waals surface area contributed by atoms with Gasteiger partial charge < -0.3 is 10.6 Å². The van der Waals surface area contributed by atoms with Crippen LogP contribution in [-0.4, -0.2) is 19.0 Å². The smallest absolute Gasteiger partial charge is 0.224 e. The highest BCUT2D eigenvalue weighted by Gasteiger charge is 2.15. The van der Waals surface area contributed by atoms with Gasteiger partial charge in [0.1, 0.15) is 0 Å². The van der Waals surface area contributed by atoms with Crippen LogP contribution in [0.5, 0.6) is 0 Å². The fraction of sp³-hybridized carbons (Fsp3) is 0.462. The Balaban J connectivity index is 1.80. The van der Waals surface area contributed by atoms with Crippen LogP contribution in [0.3, 0.4) is 0 Å². The molecule has 1 amide bonds. The van der Waals surface area contributed by atoms with Crippen LogP contribution in [0.25, 0.3) is 0 Å². The second kappa shape index (κ2) is 6.55. The van der Waals surface area contributed by atoms with Crippen LogP contribution in [0.1, 0.15) is 19.3 Å². The van der Waals surface area contributed by atoms with Crippen molar-refractivity contribution >= 4 is 39.1 Å². The molecule has 2 rings (SSSR count). The Labute approximate surface area is 120 Å². The van der Waals surface area contributed by atoms with Crippen LogP contribution in [0, 0.1) is 5.92 Å². The summed E-state index contributed by atoms with van der Waals surface area (Å²) in [6.07, 6.45) is 2.69. The lowest BCUT2D eigenvalue weighted by Crippen LogP contribution is -2.14. The average Bonchev–Trinajstić information content (AvgIpc) is 2.84. The molecule has 0 aromatic heterocycles. The van der Waals surface area contributed by atoms with Crippen molar-refractivity contribution in [1.29, 1.82) is 0 Å². The van der Waals surface area contributed by atoms with Gasteiger partial charge in [-0.1, -0.05) is 11.6 Å². The summed E-state index contributed by atoms with van der Waals surface area (Å²) < 4.78 is 0.833. The molecule has 1 aliphatic rings. The summed E-state index contributed by atoms with van der Waals surface area (Å²) in [4.78, 5) is 11.8. The van der Waals surface area contributed by atoms with Crippen LogP contribution in [0.4, 0.5) is 5.69 Å². The molecule has 1 fully saturated rings. The van der Waals surface area contributed by atoms with E-state index in [1.165, 1.54) is 6.42 Å². The zero-order valence-corrected chi connectivity index (χ0v) is 12.4. The molecule has 0 radical (unpaired) electrons. The molecule has 1 aliphatic heterocycles. The largest absolute Gasteiger partial charge is 0.326 e. The zero-order valence-electron chi connectivity index (χ0n) is 10.0. The molecule has 98 valence electrons. The zero-order chi connectivity index (χ0) is 13.0. The minimum absolute atomic E-state index is 0.0558. The number of rotatable bonds is 4. The second-order valence-corrected chi connectivity index (χ2v) is 5.84. The van der Waals surface area contributed by atoms with E-state index in [-0.39, 0.29) is 5.91 Å². The predicted molar refractivity (Wildman–Crippen MR) is 78.0 cm³/mol. The van der Waals surface area contributed by atoms with Crippen molar-refractivity contribution in [3.05, 3.63) is 27.7 Å². The van der Waals surface area contributed by atoms with Crippen LogP contribution >= 0.6 is 27.5 Å². The molecule has 1 atom stereocenters. The topological polar surface area (TPSA) is 41.1 Å². The number of benzene rings is 1. The van der Waals surface area contributed by atoms with Crippen molar-refractivity contribution in [2.45, 2.75) is 19.3 Å². The standard InChI is InChI=1S/C13H16BrClN2O/c14-11-3-2-10(7-12(11)15)17-13(18)4-1-9-5-6-16-8-9/h2-3,7,9,16H,1,4-6,8H2,(H,17,18). The van der Waals surface area contributed by atoms with Crippen molar-refractivity contribution in [3.8, 4) is 0 Å². The van der Waals surface area contributed by atoms with E-state index < -0.39 is 0 Å². The van der Waals surface area contributed by atoms with Crippen LogP contribution in [0.2, 0.25) is 5.02 Å². The Morgan fingerprint density at radius 3 is 3.06 bits per heavy atom. The Kier molecular flexibility index (Phi) is 5.03.